The van der Waals surface area contributed by atoms with Gasteiger partial charge in [0.2, 0.25) is 11.5 Å². The van der Waals surface area contributed by atoms with Gasteiger partial charge in [-0.15, -0.1) is 0 Å². The first-order valence-electron chi connectivity index (χ1n) is 12.3. The molecule has 1 aliphatic heterocycles. The summed E-state index contributed by atoms with van der Waals surface area (Å²) in [5.74, 6) is -3.43. The molecule has 2 atom stereocenters. The van der Waals surface area contributed by atoms with E-state index in [2.05, 4.69) is 5.10 Å². The summed E-state index contributed by atoms with van der Waals surface area (Å²) in [5, 5.41) is 4.03. The molecule has 0 radical (unpaired) electrons. The molecule has 5 rings (SSSR count). The van der Waals surface area contributed by atoms with Crippen LogP contribution in [-0.4, -0.2) is 56.3 Å². The van der Waals surface area contributed by atoms with Crippen molar-refractivity contribution in [2.45, 2.75) is 44.1 Å². The second-order valence-electron chi connectivity index (χ2n) is 9.84. The Balaban J connectivity index is 1.41. The molecule has 13 heteroatoms. The standard InChI is InChI=1S/C27H23F5N4O4/c1-15(27(30,31)32)35(12-16-3-5-19(28)6-4-16)23(37)14-36-24(38)26(40-25(36)39)8-7-17-9-20(22(29)10-21(17)26)18-11-33-34(2)13-18/h3-6,9-11,13,15H,7-8,12,14H2,1-2H3/t15-,26?/m0/s1. The Morgan fingerprint density at radius 1 is 1.18 bits per heavy atom. The van der Waals surface area contributed by atoms with E-state index in [0.717, 1.165) is 25.1 Å². The highest BCUT2D eigenvalue weighted by Crippen LogP contribution is 2.47. The predicted molar refractivity (Wildman–Crippen MR) is 129 cm³/mol. The van der Waals surface area contributed by atoms with E-state index in [9.17, 15) is 31.9 Å². The minimum absolute atomic E-state index is 0.0220. The van der Waals surface area contributed by atoms with Crippen molar-refractivity contribution < 1.29 is 41.1 Å². The summed E-state index contributed by atoms with van der Waals surface area (Å²) in [5.41, 5.74) is -0.257. The van der Waals surface area contributed by atoms with Crippen LogP contribution in [0.4, 0.5) is 26.7 Å². The first-order chi connectivity index (χ1) is 18.8. The van der Waals surface area contributed by atoms with Crippen LogP contribution in [-0.2, 0) is 39.9 Å². The lowest BCUT2D eigenvalue weighted by Gasteiger charge is -2.31. The van der Waals surface area contributed by atoms with Crippen molar-refractivity contribution in [3.63, 3.8) is 0 Å². The van der Waals surface area contributed by atoms with Crippen LogP contribution in [0.15, 0.2) is 48.8 Å². The molecule has 2 aromatic carbocycles. The molecule has 0 bridgehead atoms. The molecule has 210 valence electrons. The van der Waals surface area contributed by atoms with Crippen molar-refractivity contribution in [3.05, 3.63) is 77.1 Å². The van der Waals surface area contributed by atoms with Crippen molar-refractivity contribution in [3.8, 4) is 11.1 Å². The largest absolute Gasteiger partial charge is 0.427 e. The Bertz CT molecular complexity index is 1500. The van der Waals surface area contributed by atoms with Gasteiger partial charge in [0, 0.05) is 42.9 Å². The molecule has 1 aliphatic carbocycles. The van der Waals surface area contributed by atoms with E-state index in [0.29, 0.717) is 20.9 Å². The number of alkyl halides is 3. The van der Waals surface area contributed by atoms with Crippen molar-refractivity contribution in [1.29, 1.82) is 0 Å². The van der Waals surface area contributed by atoms with Gasteiger partial charge >= 0.3 is 12.3 Å². The average Bonchev–Trinajstić information content (AvgIpc) is 3.54. The molecule has 40 heavy (non-hydrogen) atoms. The monoisotopic (exact) mass is 562 g/mol. The number of nitrogens with zero attached hydrogens (tertiary/aromatic N) is 4. The number of benzene rings is 2. The second-order valence-corrected chi connectivity index (χ2v) is 9.84. The number of aromatic nitrogens is 2. The SMILES string of the molecule is C[C@H](N(Cc1ccc(F)cc1)C(=O)CN1C(=O)OC2(CCc3cc(-c4cnn(C)c4)c(F)cc32)C1=O)C(F)(F)F. The molecule has 1 aromatic heterocycles. The first kappa shape index (κ1) is 27.3. The number of ether oxygens (including phenoxy) is 1. The average molecular weight is 562 g/mol. The number of hydrogen-bond acceptors (Lipinski definition) is 5. The van der Waals surface area contributed by atoms with Crippen molar-refractivity contribution >= 4 is 17.9 Å². The van der Waals surface area contributed by atoms with Crippen LogP contribution in [0.25, 0.3) is 11.1 Å². The maximum Gasteiger partial charge on any atom is 0.418 e. The number of halogens is 5. The maximum atomic E-state index is 15.2. The van der Waals surface area contributed by atoms with E-state index in [4.69, 9.17) is 4.74 Å². The zero-order chi connectivity index (χ0) is 29.0. The Labute approximate surface area is 224 Å². The number of hydrogen-bond donors (Lipinski definition) is 0. The number of aryl methyl sites for hydroxylation is 2. The lowest BCUT2D eigenvalue weighted by Crippen LogP contribution is -2.51. The summed E-state index contributed by atoms with van der Waals surface area (Å²) in [4.78, 5) is 40.3. The second kappa shape index (κ2) is 9.72. The van der Waals surface area contributed by atoms with E-state index in [1.54, 1.807) is 19.3 Å². The van der Waals surface area contributed by atoms with Crippen molar-refractivity contribution in [2.75, 3.05) is 6.54 Å². The van der Waals surface area contributed by atoms with Gasteiger partial charge in [-0.3, -0.25) is 14.3 Å². The Morgan fingerprint density at radius 2 is 1.88 bits per heavy atom. The van der Waals surface area contributed by atoms with E-state index in [1.807, 2.05) is 0 Å². The lowest BCUT2D eigenvalue weighted by atomic mass is 9.93. The fraction of sp³-hybridized carbons (Fsp3) is 0.333. The third-order valence-electron chi connectivity index (χ3n) is 7.28. The maximum absolute atomic E-state index is 15.2. The van der Waals surface area contributed by atoms with E-state index in [1.165, 1.54) is 23.0 Å². The van der Waals surface area contributed by atoms with Gasteiger partial charge in [-0.05, 0) is 48.7 Å². The van der Waals surface area contributed by atoms with Gasteiger partial charge in [-0.1, -0.05) is 12.1 Å². The minimum Gasteiger partial charge on any atom is -0.427 e. The topological polar surface area (TPSA) is 84.7 Å². The molecule has 0 saturated carbocycles. The number of carbonyl (C=O) groups excluding carboxylic acids is 3. The van der Waals surface area contributed by atoms with Gasteiger partial charge < -0.3 is 9.64 Å². The summed E-state index contributed by atoms with van der Waals surface area (Å²) in [6.07, 6.45) is -2.71. The molecule has 2 heterocycles. The summed E-state index contributed by atoms with van der Waals surface area (Å²) < 4.78 is 76.2. The normalized spacial score (nSPS) is 19.2. The highest BCUT2D eigenvalue weighted by Gasteiger charge is 2.59. The number of rotatable bonds is 6. The van der Waals surface area contributed by atoms with Gasteiger partial charge in [0.1, 0.15) is 24.2 Å². The molecule has 3 amide bonds. The fourth-order valence-corrected chi connectivity index (χ4v) is 5.07. The number of amides is 3. The first-order valence-corrected chi connectivity index (χ1v) is 12.3. The minimum atomic E-state index is -4.82. The van der Waals surface area contributed by atoms with Gasteiger partial charge in [0.15, 0.2) is 0 Å². The third-order valence-corrected chi connectivity index (χ3v) is 7.28. The quantitative estimate of drug-likeness (QED) is 0.414. The molecule has 1 fully saturated rings. The highest BCUT2D eigenvalue weighted by atomic mass is 19.4. The van der Waals surface area contributed by atoms with Crippen LogP contribution in [0, 0.1) is 11.6 Å². The summed E-state index contributed by atoms with van der Waals surface area (Å²) in [7, 11) is 1.67. The summed E-state index contributed by atoms with van der Waals surface area (Å²) in [6, 6.07) is 4.91. The van der Waals surface area contributed by atoms with E-state index >= 15 is 4.39 Å². The van der Waals surface area contributed by atoms with Crippen molar-refractivity contribution in [1.82, 2.24) is 19.6 Å². The predicted octanol–water partition coefficient (Wildman–Crippen LogP) is 4.47. The van der Waals surface area contributed by atoms with Crippen LogP contribution in [0.3, 0.4) is 0 Å². The number of imide groups is 1. The lowest BCUT2D eigenvalue weighted by molar-refractivity contribution is -0.187. The molecule has 0 N–H and O–H groups in total. The van der Waals surface area contributed by atoms with Crippen LogP contribution in [0.5, 0.6) is 0 Å². The van der Waals surface area contributed by atoms with Crippen LogP contribution >= 0.6 is 0 Å². The van der Waals surface area contributed by atoms with Crippen LogP contribution in [0.2, 0.25) is 0 Å². The molecule has 2 aliphatic rings. The molecule has 3 aromatic rings. The summed E-state index contributed by atoms with van der Waals surface area (Å²) in [6.45, 7) is -0.803. The molecule has 1 saturated heterocycles. The molecular weight excluding hydrogens is 539 g/mol. The van der Waals surface area contributed by atoms with Crippen LogP contribution in [0.1, 0.15) is 30.0 Å². The fourth-order valence-electron chi connectivity index (χ4n) is 5.07. The molecular formula is C27H23F5N4O4. The van der Waals surface area contributed by atoms with Gasteiger partial charge in [-0.25, -0.2) is 18.5 Å². The van der Waals surface area contributed by atoms with E-state index < -0.39 is 60.5 Å². The molecule has 1 unspecified atom stereocenters. The van der Waals surface area contributed by atoms with Gasteiger partial charge in [0.25, 0.3) is 5.91 Å². The van der Waals surface area contributed by atoms with Crippen LogP contribution < -0.4 is 0 Å². The summed E-state index contributed by atoms with van der Waals surface area (Å²) >= 11 is 0. The Morgan fingerprint density at radius 3 is 2.50 bits per heavy atom. The highest BCUT2D eigenvalue weighted by molar-refractivity contribution is 6.06. The molecule has 1 spiro atoms. The zero-order valence-electron chi connectivity index (χ0n) is 21.3. The smallest absolute Gasteiger partial charge is 0.418 e. The van der Waals surface area contributed by atoms with Gasteiger partial charge in [-0.2, -0.15) is 18.3 Å². The van der Waals surface area contributed by atoms with E-state index in [-0.39, 0.29) is 29.5 Å². The Kier molecular flexibility index (Phi) is 6.63. The van der Waals surface area contributed by atoms with Gasteiger partial charge in [0.05, 0.1) is 6.20 Å². The molecule has 8 nitrogen and oxygen atoms in total. The Hall–Kier alpha value is -4.29. The zero-order valence-corrected chi connectivity index (χ0v) is 21.3. The number of fused-ring (bicyclic) bond motifs is 2. The third kappa shape index (κ3) is 4.69. The number of carbonyl (C=O) groups is 3. The van der Waals surface area contributed by atoms with Crippen molar-refractivity contribution in [2.24, 2.45) is 7.05 Å².